The Kier molecular flexibility index (Phi) is 39.3. The molecule has 0 aromatic heterocycles. The van der Waals surface area contributed by atoms with Gasteiger partial charge in [0.25, 0.3) is 5.97 Å². The van der Waals surface area contributed by atoms with Crippen LogP contribution in [0.4, 0.5) is 0 Å². The summed E-state index contributed by atoms with van der Waals surface area (Å²) in [6, 6.07) is 0. The van der Waals surface area contributed by atoms with E-state index >= 15 is 0 Å². The number of aliphatic imine (C=N–C) groups is 1. The van der Waals surface area contributed by atoms with Crippen LogP contribution in [0.2, 0.25) is 0 Å². The summed E-state index contributed by atoms with van der Waals surface area (Å²) in [5.41, 5.74) is -0.400. The van der Waals surface area contributed by atoms with Crippen molar-refractivity contribution in [1.29, 1.82) is 0 Å². The average Bonchev–Trinajstić information content (AvgIpc) is 3.04. The molecule has 0 bridgehead atoms. The molecule has 2 N–H and O–H groups in total. The number of hydrogen-bond donors (Lipinski definition) is 2. The number of carboxylic acids is 1. The van der Waals surface area contributed by atoms with E-state index in [1.165, 1.54) is 0 Å². The maximum atomic E-state index is 12.6. The number of carbonyl (C=O) groups is 3. The topological polar surface area (TPSA) is 118 Å². The molecule has 0 aromatic rings. The summed E-state index contributed by atoms with van der Waals surface area (Å²) in [6.07, 6.45) is 18.9. The van der Waals surface area contributed by atoms with E-state index in [1.807, 2.05) is 33.0 Å². The van der Waals surface area contributed by atoms with Gasteiger partial charge in [-0.25, -0.2) is 0 Å². The number of carboxylic acid groups (broad SMARTS) is 1. The molecule has 0 rings (SSSR count). The number of hydrogen-bond acceptors (Lipinski definition) is 6. The van der Waals surface area contributed by atoms with Crippen molar-refractivity contribution in [3.8, 4) is 0 Å². The highest BCUT2D eigenvalue weighted by Gasteiger charge is 2.38. The summed E-state index contributed by atoms with van der Waals surface area (Å²) in [6.45, 7) is 19.5. The second kappa shape index (κ2) is 36.0. The number of esters is 2. The number of nitrogens with zero attached hydrogens (tertiary/aromatic N) is 2. The van der Waals surface area contributed by atoms with Crippen molar-refractivity contribution in [3.63, 3.8) is 0 Å². The molecule has 0 aliphatic rings. The van der Waals surface area contributed by atoms with Crippen LogP contribution in [-0.4, -0.2) is 75.3 Å². The van der Waals surface area contributed by atoms with Crippen LogP contribution in [0.1, 0.15) is 178 Å². The molecule has 0 spiro atoms. The lowest BCUT2D eigenvalue weighted by molar-refractivity contribution is -0.158. The predicted octanol–water partition coefficient (Wildman–Crippen LogP) is 10.1. The normalized spacial score (nSPS) is 11.1. The van der Waals surface area contributed by atoms with Crippen molar-refractivity contribution in [2.45, 2.75) is 178 Å². The molecular weight excluding hydrogens is 606 g/mol. The highest BCUT2D eigenvalue weighted by atomic mass is 16.5. The van der Waals surface area contributed by atoms with Gasteiger partial charge in [0.1, 0.15) is 0 Å². The van der Waals surface area contributed by atoms with E-state index < -0.39 is 5.97 Å². The first kappa shape index (κ1) is 52.5. The average molecular weight is 688 g/mol. The zero-order valence-corrected chi connectivity index (χ0v) is 34.0. The van der Waals surface area contributed by atoms with E-state index in [-0.39, 0.29) is 22.8 Å². The van der Waals surface area contributed by atoms with Gasteiger partial charge in [-0.05, 0) is 51.4 Å². The Morgan fingerprint density at radius 2 is 0.938 bits per heavy atom. The lowest BCUT2D eigenvalue weighted by Crippen LogP contribution is -2.33. The van der Waals surface area contributed by atoms with Gasteiger partial charge in [-0.15, -0.1) is 0 Å². The Balaban J connectivity index is -0.000000306. The molecule has 0 heterocycles. The lowest BCUT2D eigenvalue weighted by atomic mass is 9.74. The molecule has 0 aliphatic carbocycles. The Morgan fingerprint density at radius 1 is 0.604 bits per heavy atom. The van der Waals surface area contributed by atoms with Gasteiger partial charge in [0.05, 0.1) is 24.0 Å². The van der Waals surface area contributed by atoms with Crippen molar-refractivity contribution < 1.29 is 29.0 Å². The van der Waals surface area contributed by atoms with Gasteiger partial charge in [-0.3, -0.25) is 19.4 Å². The highest BCUT2D eigenvalue weighted by Crippen LogP contribution is 2.38. The van der Waals surface area contributed by atoms with Crippen LogP contribution in [0, 0.1) is 10.8 Å². The van der Waals surface area contributed by atoms with E-state index in [4.69, 9.17) is 19.4 Å². The van der Waals surface area contributed by atoms with Gasteiger partial charge in [-0.1, -0.05) is 120 Å². The molecule has 0 saturated carbocycles. The maximum Gasteiger partial charge on any atom is 0.312 e. The van der Waals surface area contributed by atoms with Crippen LogP contribution in [0.3, 0.4) is 0 Å². The van der Waals surface area contributed by atoms with Crippen molar-refractivity contribution in [2.75, 3.05) is 41.4 Å². The van der Waals surface area contributed by atoms with Gasteiger partial charge in [0.2, 0.25) is 0 Å². The van der Waals surface area contributed by atoms with Crippen LogP contribution in [0.15, 0.2) is 4.99 Å². The SMILES string of the molecule is CC(=O)O.CCCCOC(=O)C(CCCC)(CCCC)CCCC.CCCOC(=O)C(CCC)(CCC)CCC.CN=C(NC)N(C)C. The number of unbranched alkanes of at least 4 members (excludes halogenated alkanes) is 4. The Bertz CT molecular complexity index is 743. The molecule has 0 amide bonds. The van der Waals surface area contributed by atoms with Gasteiger partial charge in [0.15, 0.2) is 5.96 Å². The molecule has 0 aliphatic heterocycles. The number of aliphatic carboxylic acids is 1. The fraction of sp³-hybridized carbons (Fsp3) is 0.897. The molecule has 0 unspecified atom stereocenters. The molecule has 48 heavy (non-hydrogen) atoms. The summed E-state index contributed by atoms with van der Waals surface area (Å²) in [5, 5.41) is 10.3. The molecule has 0 aromatic carbocycles. The number of nitrogens with one attached hydrogen (secondary N) is 1. The van der Waals surface area contributed by atoms with Crippen LogP contribution < -0.4 is 5.32 Å². The molecule has 0 atom stereocenters. The third-order valence-electron chi connectivity index (χ3n) is 8.11. The van der Waals surface area contributed by atoms with Crippen LogP contribution in [0.5, 0.6) is 0 Å². The highest BCUT2D eigenvalue weighted by molar-refractivity contribution is 5.79. The Morgan fingerprint density at radius 3 is 1.17 bits per heavy atom. The van der Waals surface area contributed by atoms with E-state index in [1.54, 1.807) is 7.05 Å². The van der Waals surface area contributed by atoms with Gasteiger partial charge >= 0.3 is 11.9 Å². The number of guanidine groups is 1. The summed E-state index contributed by atoms with van der Waals surface area (Å²) in [7, 11) is 7.49. The first-order chi connectivity index (χ1) is 22.8. The minimum Gasteiger partial charge on any atom is -0.481 e. The van der Waals surface area contributed by atoms with E-state index in [2.05, 4.69) is 58.8 Å². The Labute approximate surface area is 297 Å². The fourth-order valence-corrected chi connectivity index (χ4v) is 5.69. The summed E-state index contributed by atoms with van der Waals surface area (Å²) >= 11 is 0. The standard InChI is InChI=1S/C18H36O2.C14H28O2.C5H13N3.C2H4O2/c1-5-9-13-18(14-10-6-2,15-11-7-3)17(19)20-16-12-8-4;1-5-9-14(10-6-2,11-7-3)13(15)16-12-8-4;1-6-5(7-2)8(3)4;1-2(3)4/h5-16H2,1-4H3;5-12H2,1-4H3;1-4H3,(H,6,7);1H3,(H,3,4). The largest absolute Gasteiger partial charge is 0.481 e. The van der Waals surface area contributed by atoms with Gasteiger partial charge in [-0.2, -0.15) is 0 Å². The first-order valence-corrected chi connectivity index (χ1v) is 19.1. The zero-order chi connectivity index (χ0) is 37.9. The second-order valence-corrected chi connectivity index (χ2v) is 13.0. The first-order valence-electron chi connectivity index (χ1n) is 19.1. The maximum absolute atomic E-state index is 12.6. The summed E-state index contributed by atoms with van der Waals surface area (Å²) in [4.78, 5) is 39.7. The van der Waals surface area contributed by atoms with Crippen molar-refractivity contribution in [2.24, 2.45) is 15.8 Å². The van der Waals surface area contributed by atoms with Crippen molar-refractivity contribution in [3.05, 3.63) is 0 Å². The van der Waals surface area contributed by atoms with E-state index in [0.717, 1.165) is 128 Å². The molecule has 288 valence electrons. The molecule has 0 radical (unpaired) electrons. The van der Waals surface area contributed by atoms with E-state index in [0.29, 0.717) is 13.2 Å². The predicted molar refractivity (Wildman–Crippen MR) is 205 cm³/mol. The Hall–Kier alpha value is -2.32. The van der Waals surface area contributed by atoms with Crippen molar-refractivity contribution >= 4 is 23.9 Å². The molecular formula is C39H81N3O6. The van der Waals surface area contributed by atoms with Crippen LogP contribution >= 0.6 is 0 Å². The zero-order valence-electron chi connectivity index (χ0n) is 34.0. The number of rotatable bonds is 22. The minimum atomic E-state index is -0.833. The molecule has 0 fully saturated rings. The van der Waals surface area contributed by atoms with Gasteiger partial charge < -0.3 is 24.8 Å². The smallest absolute Gasteiger partial charge is 0.312 e. The summed E-state index contributed by atoms with van der Waals surface area (Å²) < 4.78 is 11.0. The third-order valence-corrected chi connectivity index (χ3v) is 8.11. The summed E-state index contributed by atoms with van der Waals surface area (Å²) in [5.74, 6) is 0.186. The van der Waals surface area contributed by atoms with Crippen LogP contribution in [-0.2, 0) is 23.9 Å². The minimum absolute atomic E-state index is 0.0416. The second-order valence-electron chi connectivity index (χ2n) is 13.0. The van der Waals surface area contributed by atoms with E-state index in [9.17, 15) is 9.59 Å². The number of ether oxygens (including phenoxy) is 2. The molecule has 0 saturated heterocycles. The van der Waals surface area contributed by atoms with Crippen LogP contribution in [0.25, 0.3) is 0 Å². The quantitative estimate of drug-likeness (QED) is 0.0500. The lowest BCUT2D eigenvalue weighted by Gasteiger charge is -2.32. The third kappa shape index (κ3) is 27.6. The molecule has 9 nitrogen and oxygen atoms in total. The molecule has 9 heteroatoms. The fourth-order valence-electron chi connectivity index (χ4n) is 5.69. The number of carbonyl (C=O) groups excluding carboxylic acids is 2. The van der Waals surface area contributed by atoms with Gasteiger partial charge in [0, 0.05) is 35.1 Å². The van der Waals surface area contributed by atoms with Crippen molar-refractivity contribution in [1.82, 2.24) is 10.2 Å². The monoisotopic (exact) mass is 688 g/mol.